The minimum atomic E-state index is -0.380. The largest absolute Gasteiger partial charge is 0.315 e. The lowest BCUT2D eigenvalue weighted by Gasteiger charge is -2.04. The Morgan fingerprint density at radius 1 is 1.47 bits per heavy atom. The minimum absolute atomic E-state index is 0.129. The Hall–Kier alpha value is -0.420. The SMILES string of the molecule is CNCc1cc(-c2ccc(Br)c(Cl)c2F)cs1. The van der Waals surface area contributed by atoms with Gasteiger partial charge >= 0.3 is 0 Å². The van der Waals surface area contributed by atoms with Crippen LogP contribution >= 0.6 is 38.9 Å². The van der Waals surface area contributed by atoms with Gasteiger partial charge < -0.3 is 5.32 Å². The second-order valence-electron chi connectivity index (χ2n) is 3.55. The van der Waals surface area contributed by atoms with Gasteiger partial charge in [0.05, 0.1) is 5.02 Å². The first-order chi connectivity index (χ1) is 8.13. The topological polar surface area (TPSA) is 12.0 Å². The molecule has 1 aromatic carbocycles. The number of rotatable bonds is 3. The molecule has 0 unspecified atom stereocenters. The Labute approximate surface area is 117 Å². The summed E-state index contributed by atoms with van der Waals surface area (Å²) in [6.07, 6.45) is 0. The Balaban J connectivity index is 2.42. The molecule has 0 amide bonds. The van der Waals surface area contributed by atoms with Gasteiger partial charge in [-0.25, -0.2) is 4.39 Å². The van der Waals surface area contributed by atoms with Crippen molar-refractivity contribution in [2.45, 2.75) is 6.54 Å². The van der Waals surface area contributed by atoms with E-state index in [0.717, 1.165) is 12.1 Å². The van der Waals surface area contributed by atoms with Crippen molar-refractivity contribution in [3.8, 4) is 11.1 Å². The highest BCUT2D eigenvalue weighted by molar-refractivity contribution is 9.10. The zero-order valence-electron chi connectivity index (χ0n) is 9.06. The van der Waals surface area contributed by atoms with E-state index >= 15 is 0 Å². The van der Waals surface area contributed by atoms with Gasteiger partial charge in [-0.1, -0.05) is 17.7 Å². The third kappa shape index (κ3) is 2.71. The summed E-state index contributed by atoms with van der Waals surface area (Å²) in [5.74, 6) is -0.380. The van der Waals surface area contributed by atoms with Gasteiger partial charge in [-0.3, -0.25) is 0 Å². The van der Waals surface area contributed by atoms with Crippen LogP contribution < -0.4 is 5.32 Å². The van der Waals surface area contributed by atoms with Crippen molar-refractivity contribution in [3.63, 3.8) is 0 Å². The molecule has 17 heavy (non-hydrogen) atoms. The molecule has 1 heterocycles. The van der Waals surface area contributed by atoms with Crippen LogP contribution in [0.25, 0.3) is 11.1 Å². The summed E-state index contributed by atoms with van der Waals surface area (Å²) in [4.78, 5) is 1.17. The zero-order chi connectivity index (χ0) is 12.4. The Morgan fingerprint density at radius 3 is 2.94 bits per heavy atom. The second-order valence-corrected chi connectivity index (χ2v) is 5.78. The zero-order valence-corrected chi connectivity index (χ0v) is 12.2. The molecule has 0 aliphatic carbocycles. The summed E-state index contributed by atoms with van der Waals surface area (Å²) < 4.78 is 14.5. The van der Waals surface area contributed by atoms with E-state index in [1.807, 2.05) is 18.5 Å². The van der Waals surface area contributed by atoms with Crippen molar-refractivity contribution in [3.05, 3.63) is 43.8 Å². The third-order valence-electron chi connectivity index (χ3n) is 2.35. The Morgan fingerprint density at radius 2 is 2.24 bits per heavy atom. The van der Waals surface area contributed by atoms with Crippen molar-refractivity contribution in [2.24, 2.45) is 0 Å². The molecule has 0 saturated carbocycles. The predicted octanol–water partition coefficient (Wildman–Crippen LogP) is 4.69. The van der Waals surface area contributed by atoms with Crippen LogP contribution in [0.15, 0.2) is 28.1 Å². The quantitative estimate of drug-likeness (QED) is 0.803. The molecule has 90 valence electrons. The first kappa shape index (κ1) is 13.0. The number of hydrogen-bond donors (Lipinski definition) is 1. The molecule has 0 bridgehead atoms. The maximum atomic E-state index is 14.0. The molecule has 1 N–H and O–H groups in total. The molecule has 2 rings (SSSR count). The number of thiophene rings is 1. The summed E-state index contributed by atoms with van der Waals surface area (Å²) in [5, 5.41) is 5.14. The van der Waals surface area contributed by atoms with Crippen LogP contribution in [0.1, 0.15) is 4.88 Å². The van der Waals surface area contributed by atoms with Crippen LogP contribution in [0.3, 0.4) is 0 Å². The van der Waals surface area contributed by atoms with Crippen LogP contribution in [-0.4, -0.2) is 7.05 Å². The second kappa shape index (κ2) is 5.48. The fraction of sp³-hybridized carbons (Fsp3) is 0.167. The average Bonchev–Trinajstić information content (AvgIpc) is 2.75. The first-order valence-corrected chi connectivity index (χ1v) is 7.04. The van der Waals surface area contributed by atoms with Crippen LogP contribution in [0.4, 0.5) is 4.39 Å². The van der Waals surface area contributed by atoms with Crippen molar-refractivity contribution in [1.82, 2.24) is 5.32 Å². The lowest BCUT2D eigenvalue weighted by atomic mass is 10.1. The lowest BCUT2D eigenvalue weighted by molar-refractivity contribution is 0.631. The van der Waals surface area contributed by atoms with Crippen molar-refractivity contribution in [2.75, 3.05) is 7.05 Å². The van der Waals surface area contributed by atoms with Gasteiger partial charge in [0.15, 0.2) is 5.82 Å². The van der Waals surface area contributed by atoms with Crippen LogP contribution in [0.2, 0.25) is 5.02 Å². The van der Waals surface area contributed by atoms with Crippen molar-refractivity contribution >= 4 is 38.9 Å². The van der Waals surface area contributed by atoms with E-state index < -0.39 is 0 Å². The molecule has 0 radical (unpaired) electrons. The highest BCUT2D eigenvalue weighted by atomic mass is 79.9. The fourth-order valence-electron chi connectivity index (χ4n) is 1.54. The highest BCUT2D eigenvalue weighted by Crippen LogP contribution is 2.34. The molecule has 0 aliphatic heterocycles. The maximum absolute atomic E-state index is 14.0. The molecule has 0 spiro atoms. The fourth-order valence-corrected chi connectivity index (χ4v) is 2.90. The van der Waals surface area contributed by atoms with E-state index in [-0.39, 0.29) is 10.8 Å². The Kier molecular flexibility index (Phi) is 4.20. The molecule has 1 nitrogen and oxygen atoms in total. The van der Waals surface area contributed by atoms with Gasteiger partial charge in [0.2, 0.25) is 0 Å². The molecule has 1 aromatic heterocycles. The monoisotopic (exact) mass is 333 g/mol. The van der Waals surface area contributed by atoms with Crippen LogP contribution in [0.5, 0.6) is 0 Å². The van der Waals surface area contributed by atoms with E-state index in [1.165, 1.54) is 4.88 Å². The van der Waals surface area contributed by atoms with Crippen LogP contribution in [0, 0.1) is 5.82 Å². The van der Waals surface area contributed by atoms with E-state index in [9.17, 15) is 4.39 Å². The Bertz CT molecular complexity index is 541. The average molecular weight is 335 g/mol. The number of hydrogen-bond acceptors (Lipinski definition) is 2. The molecule has 0 aliphatic rings. The molecule has 5 heteroatoms. The summed E-state index contributed by atoms with van der Waals surface area (Å²) >= 11 is 10.7. The number of benzene rings is 1. The van der Waals surface area contributed by atoms with E-state index in [0.29, 0.717) is 10.0 Å². The predicted molar refractivity (Wildman–Crippen MR) is 75.2 cm³/mol. The highest BCUT2D eigenvalue weighted by Gasteiger charge is 2.12. The van der Waals surface area contributed by atoms with Gasteiger partial charge in [-0.05, 0) is 46.1 Å². The standard InChI is InChI=1S/C12H10BrClFNS/c1-16-5-8-4-7(6-17-8)9-2-3-10(13)11(14)12(9)15/h2-4,6,16H,5H2,1H3. The minimum Gasteiger partial charge on any atom is -0.315 e. The van der Waals surface area contributed by atoms with Crippen LogP contribution in [-0.2, 0) is 6.54 Å². The number of nitrogens with one attached hydrogen (secondary N) is 1. The van der Waals surface area contributed by atoms with E-state index in [4.69, 9.17) is 11.6 Å². The summed E-state index contributed by atoms with van der Waals surface area (Å²) in [5.41, 5.74) is 1.41. The van der Waals surface area contributed by atoms with Crippen molar-refractivity contribution in [1.29, 1.82) is 0 Å². The normalized spacial score (nSPS) is 10.8. The van der Waals surface area contributed by atoms with Gasteiger partial charge in [0.25, 0.3) is 0 Å². The third-order valence-corrected chi connectivity index (χ3v) is 4.55. The number of halogens is 3. The molecule has 0 saturated heterocycles. The van der Waals surface area contributed by atoms with Gasteiger partial charge in [-0.15, -0.1) is 11.3 Å². The molecular formula is C12H10BrClFNS. The van der Waals surface area contributed by atoms with E-state index in [2.05, 4.69) is 21.2 Å². The first-order valence-electron chi connectivity index (χ1n) is 4.99. The smallest absolute Gasteiger partial charge is 0.150 e. The summed E-state index contributed by atoms with van der Waals surface area (Å²) in [6.45, 7) is 0.788. The van der Waals surface area contributed by atoms with E-state index in [1.54, 1.807) is 23.5 Å². The molecule has 2 aromatic rings. The maximum Gasteiger partial charge on any atom is 0.150 e. The lowest BCUT2D eigenvalue weighted by Crippen LogP contribution is -2.02. The summed E-state index contributed by atoms with van der Waals surface area (Å²) in [6, 6.07) is 5.47. The van der Waals surface area contributed by atoms with Gasteiger partial charge in [-0.2, -0.15) is 0 Å². The summed E-state index contributed by atoms with van der Waals surface area (Å²) in [7, 11) is 1.89. The molecular weight excluding hydrogens is 325 g/mol. The van der Waals surface area contributed by atoms with Crippen molar-refractivity contribution < 1.29 is 4.39 Å². The van der Waals surface area contributed by atoms with Gasteiger partial charge in [0.1, 0.15) is 0 Å². The van der Waals surface area contributed by atoms with Gasteiger partial charge in [0, 0.05) is 21.5 Å². The molecule has 0 atom stereocenters. The molecule has 0 fully saturated rings.